The van der Waals surface area contributed by atoms with Crippen molar-refractivity contribution in [3.8, 4) is 0 Å². The molecule has 1 heterocycles. The van der Waals surface area contributed by atoms with Crippen LogP contribution in [0.5, 0.6) is 0 Å². The second kappa shape index (κ2) is 7.91. The number of piperazine rings is 1. The fraction of sp³-hybridized carbons (Fsp3) is 0.429. The zero-order valence-electron chi connectivity index (χ0n) is 15.9. The van der Waals surface area contributed by atoms with Gasteiger partial charge in [0.2, 0.25) is 10.0 Å². The van der Waals surface area contributed by atoms with Crippen LogP contribution in [0.4, 0.5) is 0 Å². The van der Waals surface area contributed by atoms with Crippen molar-refractivity contribution in [1.82, 2.24) is 9.21 Å². The van der Waals surface area contributed by atoms with Crippen molar-refractivity contribution in [2.45, 2.75) is 33.1 Å². The number of aryl methyl sites for hydroxylation is 3. The van der Waals surface area contributed by atoms with E-state index in [1.54, 1.807) is 4.31 Å². The van der Waals surface area contributed by atoms with E-state index in [4.69, 9.17) is 0 Å². The van der Waals surface area contributed by atoms with Crippen LogP contribution >= 0.6 is 0 Å². The van der Waals surface area contributed by atoms with Crippen molar-refractivity contribution in [3.63, 3.8) is 0 Å². The summed E-state index contributed by atoms with van der Waals surface area (Å²) in [5.41, 5.74) is 5.86. The van der Waals surface area contributed by atoms with Gasteiger partial charge in [-0.3, -0.25) is 4.90 Å². The summed E-state index contributed by atoms with van der Waals surface area (Å²) in [6.45, 7) is 9.82. The van der Waals surface area contributed by atoms with Gasteiger partial charge in [0.05, 0.1) is 5.75 Å². The summed E-state index contributed by atoms with van der Waals surface area (Å²) in [7, 11) is -3.26. The lowest BCUT2D eigenvalue weighted by Crippen LogP contribution is -2.48. The zero-order chi connectivity index (χ0) is 18.7. The standard InChI is InChI=1S/C21H28N2O2S/c1-17-5-4-6-20(13-17)16-26(24,25)23-11-9-22(10-12-23)15-21-14-18(2)7-8-19(21)3/h4-8,13-14H,9-12,15-16H2,1-3H3. The van der Waals surface area contributed by atoms with Crippen molar-refractivity contribution >= 4 is 10.0 Å². The predicted octanol–water partition coefficient (Wildman–Crippen LogP) is 3.26. The molecule has 0 N–H and O–H groups in total. The summed E-state index contributed by atoms with van der Waals surface area (Å²) in [6.07, 6.45) is 0. The molecule has 4 nitrogen and oxygen atoms in total. The first-order valence-electron chi connectivity index (χ1n) is 9.15. The first kappa shape index (κ1) is 19.1. The Kier molecular flexibility index (Phi) is 5.80. The lowest BCUT2D eigenvalue weighted by Gasteiger charge is -2.34. The van der Waals surface area contributed by atoms with Crippen LogP contribution in [0.25, 0.3) is 0 Å². The molecule has 0 atom stereocenters. The van der Waals surface area contributed by atoms with Gasteiger partial charge in [0.15, 0.2) is 0 Å². The minimum absolute atomic E-state index is 0.0890. The molecular weight excluding hydrogens is 344 g/mol. The first-order valence-corrected chi connectivity index (χ1v) is 10.8. The fourth-order valence-electron chi connectivity index (χ4n) is 3.48. The summed E-state index contributed by atoms with van der Waals surface area (Å²) in [4.78, 5) is 2.35. The van der Waals surface area contributed by atoms with Crippen LogP contribution in [-0.4, -0.2) is 43.8 Å². The van der Waals surface area contributed by atoms with E-state index in [0.29, 0.717) is 13.1 Å². The van der Waals surface area contributed by atoms with E-state index in [0.717, 1.165) is 30.8 Å². The normalized spacial score (nSPS) is 16.7. The van der Waals surface area contributed by atoms with Gasteiger partial charge in [0.25, 0.3) is 0 Å². The summed E-state index contributed by atoms with van der Waals surface area (Å²) >= 11 is 0. The highest BCUT2D eigenvalue weighted by Gasteiger charge is 2.27. The third-order valence-electron chi connectivity index (χ3n) is 5.05. The molecule has 140 valence electrons. The minimum atomic E-state index is -3.26. The SMILES string of the molecule is Cc1cccc(CS(=O)(=O)N2CCN(Cc3cc(C)ccc3C)CC2)c1. The lowest BCUT2D eigenvalue weighted by atomic mass is 10.1. The van der Waals surface area contributed by atoms with E-state index >= 15 is 0 Å². The summed E-state index contributed by atoms with van der Waals surface area (Å²) in [5.74, 6) is 0.0890. The first-order chi connectivity index (χ1) is 12.3. The Labute approximate surface area is 157 Å². The molecule has 1 aliphatic rings. The molecule has 5 heteroatoms. The summed E-state index contributed by atoms with van der Waals surface area (Å²) in [5, 5.41) is 0. The van der Waals surface area contributed by atoms with Crippen molar-refractivity contribution < 1.29 is 8.42 Å². The fourth-order valence-corrected chi connectivity index (χ4v) is 4.98. The highest BCUT2D eigenvalue weighted by molar-refractivity contribution is 7.88. The Balaban J connectivity index is 1.60. The Morgan fingerprint density at radius 2 is 1.58 bits per heavy atom. The van der Waals surface area contributed by atoms with Gasteiger partial charge >= 0.3 is 0 Å². The van der Waals surface area contributed by atoms with Gasteiger partial charge in [0, 0.05) is 32.7 Å². The third-order valence-corrected chi connectivity index (χ3v) is 6.90. The molecule has 0 saturated carbocycles. The van der Waals surface area contributed by atoms with Crippen LogP contribution in [0.3, 0.4) is 0 Å². The molecule has 2 aromatic rings. The maximum Gasteiger partial charge on any atom is 0.218 e. The lowest BCUT2D eigenvalue weighted by molar-refractivity contribution is 0.181. The molecule has 0 radical (unpaired) electrons. The van der Waals surface area contributed by atoms with Gasteiger partial charge in [-0.1, -0.05) is 53.6 Å². The van der Waals surface area contributed by atoms with E-state index in [9.17, 15) is 8.42 Å². The van der Waals surface area contributed by atoms with Crippen LogP contribution < -0.4 is 0 Å². The molecule has 0 amide bonds. The highest BCUT2D eigenvalue weighted by Crippen LogP contribution is 2.18. The second-order valence-corrected chi connectivity index (χ2v) is 9.32. The van der Waals surface area contributed by atoms with E-state index in [1.165, 1.54) is 16.7 Å². The monoisotopic (exact) mass is 372 g/mol. The van der Waals surface area contributed by atoms with Crippen molar-refractivity contribution in [3.05, 3.63) is 70.3 Å². The number of nitrogens with zero attached hydrogens (tertiary/aromatic N) is 2. The number of rotatable bonds is 5. The number of hydrogen-bond donors (Lipinski definition) is 0. The van der Waals surface area contributed by atoms with E-state index in [1.807, 2.05) is 31.2 Å². The highest BCUT2D eigenvalue weighted by atomic mass is 32.2. The van der Waals surface area contributed by atoms with Crippen LogP contribution in [0.2, 0.25) is 0 Å². The molecule has 0 unspecified atom stereocenters. The Morgan fingerprint density at radius 3 is 2.27 bits per heavy atom. The number of sulfonamides is 1. The quantitative estimate of drug-likeness (QED) is 0.809. The molecule has 0 spiro atoms. The van der Waals surface area contributed by atoms with Crippen LogP contribution in [0.15, 0.2) is 42.5 Å². The van der Waals surface area contributed by atoms with Crippen molar-refractivity contribution in [1.29, 1.82) is 0 Å². The Bertz CT molecular complexity index is 869. The van der Waals surface area contributed by atoms with Crippen LogP contribution in [-0.2, 0) is 22.3 Å². The molecule has 0 aromatic heterocycles. The van der Waals surface area contributed by atoms with Crippen LogP contribution in [0.1, 0.15) is 27.8 Å². The molecule has 1 saturated heterocycles. The van der Waals surface area contributed by atoms with Crippen molar-refractivity contribution in [2.24, 2.45) is 0 Å². The average Bonchev–Trinajstić information content (AvgIpc) is 2.58. The minimum Gasteiger partial charge on any atom is -0.296 e. The second-order valence-electron chi connectivity index (χ2n) is 7.35. The van der Waals surface area contributed by atoms with Gasteiger partial charge < -0.3 is 0 Å². The molecule has 26 heavy (non-hydrogen) atoms. The molecule has 0 bridgehead atoms. The average molecular weight is 373 g/mol. The van der Waals surface area contributed by atoms with Gasteiger partial charge in [0.1, 0.15) is 0 Å². The zero-order valence-corrected chi connectivity index (χ0v) is 16.7. The number of hydrogen-bond acceptors (Lipinski definition) is 3. The Hall–Kier alpha value is -1.69. The number of benzene rings is 2. The van der Waals surface area contributed by atoms with E-state index in [2.05, 4.69) is 36.9 Å². The molecule has 3 rings (SSSR count). The summed E-state index contributed by atoms with van der Waals surface area (Å²) < 4.78 is 27.1. The van der Waals surface area contributed by atoms with E-state index in [-0.39, 0.29) is 5.75 Å². The maximum atomic E-state index is 12.7. The molecule has 1 fully saturated rings. The smallest absolute Gasteiger partial charge is 0.218 e. The predicted molar refractivity (Wildman–Crippen MR) is 107 cm³/mol. The third kappa shape index (κ3) is 4.72. The molecule has 0 aliphatic carbocycles. The topological polar surface area (TPSA) is 40.6 Å². The molecule has 1 aliphatic heterocycles. The summed E-state index contributed by atoms with van der Waals surface area (Å²) in [6, 6.07) is 14.3. The maximum absolute atomic E-state index is 12.7. The van der Waals surface area contributed by atoms with Crippen LogP contribution in [0, 0.1) is 20.8 Å². The molecular formula is C21H28N2O2S. The van der Waals surface area contributed by atoms with Gasteiger partial charge in [-0.15, -0.1) is 0 Å². The van der Waals surface area contributed by atoms with Crippen molar-refractivity contribution in [2.75, 3.05) is 26.2 Å². The van der Waals surface area contributed by atoms with Gasteiger partial charge in [-0.25, -0.2) is 8.42 Å². The van der Waals surface area contributed by atoms with E-state index < -0.39 is 10.0 Å². The van der Waals surface area contributed by atoms with Gasteiger partial charge in [-0.2, -0.15) is 4.31 Å². The largest absolute Gasteiger partial charge is 0.296 e. The van der Waals surface area contributed by atoms with Gasteiger partial charge in [-0.05, 0) is 37.5 Å². The molecule has 2 aromatic carbocycles. The Morgan fingerprint density at radius 1 is 0.885 bits per heavy atom.